The molecule has 4 atom stereocenters. The highest BCUT2D eigenvalue weighted by Gasteiger charge is 2.53. The number of carboxylic acids is 1. The van der Waals surface area contributed by atoms with E-state index in [0.29, 0.717) is 19.1 Å². The summed E-state index contributed by atoms with van der Waals surface area (Å²) in [5.41, 5.74) is 0.529. The summed E-state index contributed by atoms with van der Waals surface area (Å²) in [7, 11) is 0. The van der Waals surface area contributed by atoms with E-state index in [1.165, 1.54) is 30.3 Å². The number of ether oxygens (including phenoxy) is 2. The van der Waals surface area contributed by atoms with Crippen LogP contribution in [0.1, 0.15) is 22.3 Å². The van der Waals surface area contributed by atoms with E-state index in [-0.39, 0.29) is 35.6 Å². The van der Waals surface area contributed by atoms with Gasteiger partial charge in [0.15, 0.2) is 5.75 Å². The molecule has 166 valence electrons. The number of benzene rings is 2. The Hall–Kier alpha value is -2.02. The molecule has 9 heteroatoms. The molecule has 1 fully saturated rings. The van der Waals surface area contributed by atoms with Gasteiger partial charge >= 0.3 is 17.9 Å². The number of rotatable bonds is 6. The lowest BCUT2D eigenvalue weighted by atomic mass is 9.83. The van der Waals surface area contributed by atoms with Gasteiger partial charge in [0.2, 0.25) is 0 Å². The molecule has 0 amide bonds. The summed E-state index contributed by atoms with van der Waals surface area (Å²) in [4.78, 5) is 37.7. The van der Waals surface area contributed by atoms with Crippen LogP contribution in [0.25, 0.3) is 0 Å². The highest BCUT2D eigenvalue weighted by atomic mass is 127. The Kier molecular flexibility index (Phi) is 6.84. The van der Waals surface area contributed by atoms with E-state index in [9.17, 15) is 23.9 Å². The van der Waals surface area contributed by atoms with Gasteiger partial charge in [-0.05, 0) is 93.3 Å². The second-order valence-corrected chi connectivity index (χ2v) is 10.1. The lowest BCUT2D eigenvalue weighted by Gasteiger charge is -2.25. The normalized spacial score (nSPS) is 23.2. The number of esters is 2. The number of carbonyl (C=O) groups excluding carboxylic acids is 2. The molecule has 2 aliphatic carbocycles. The zero-order valence-electron chi connectivity index (χ0n) is 16.5. The first kappa shape index (κ1) is 23.1. The van der Waals surface area contributed by atoms with E-state index >= 15 is 0 Å². The predicted molar refractivity (Wildman–Crippen MR) is 128 cm³/mol. The fourth-order valence-corrected chi connectivity index (χ4v) is 6.24. The van der Waals surface area contributed by atoms with Crippen LogP contribution in [0.4, 0.5) is 4.39 Å². The lowest BCUT2D eigenvalue weighted by molar-refractivity contribution is -0.158. The number of allylic oxidation sites excluding steroid dienone is 2. The maximum Gasteiger partial charge on any atom is 0.339 e. The minimum absolute atomic E-state index is 0.0197. The number of hydrogen-bond donors (Lipinski definition) is 1. The van der Waals surface area contributed by atoms with Crippen molar-refractivity contribution in [3.8, 4) is 5.75 Å². The van der Waals surface area contributed by atoms with Crippen LogP contribution in [-0.2, 0) is 20.9 Å². The Morgan fingerprint density at radius 2 is 1.62 bits per heavy atom. The van der Waals surface area contributed by atoms with Crippen molar-refractivity contribution >= 4 is 63.1 Å². The molecule has 32 heavy (non-hydrogen) atoms. The Labute approximate surface area is 210 Å². The molecule has 2 aromatic carbocycles. The van der Waals surface area contributed by atoms with E-state index in [1.807, 2.05) is 57.3 Å². The number of halogens is 3. The molecule has 6 nitrogen and oxygen atoms in total. The van der Waals surface area contributed by atoms with Crippen molar-refractivity contribution in [1.29, 1.82) is 0 Å². The van der Waals surface area contributed by atoms with Crippen molar-refractivity contribution in [3.63, 3.8) is 0 Å². The molecule has 1 N–H and O–H groups in total. The Balaban J connectivity index is 1.52. The van der Waals surface area contributed by atoms with E-state index in [1.54, 1.807) is 6.07 Å². The molecule has 2 aliphatic rings. The summed E-state index contributed by atoms with van der Waals surface area (Å²) < 4.78 is 25.3. The van der Waals surface area contributed by atoms with Gasteiger partial charge in [0.05, 0.1) is 15.4 Å². The maximum atomic E-state index is 13.1. The minimum atomic E-state index is -1.20. The zero-order chi connectivity index (χ0) is 23.0. The summed E-state index contributed by atoms with van der Waals surface area (Å²) in [6, 6.07) is 8.77. The third kappa shape index (κ3) is 4.68. The summed E-state index contributed by atoms with van der Waals surface area (Å²) in [5, 5.41) is 9.53. The summed E-state index contributed by atoms with van der Waals surface area (Å²) in [5.74, 6) is -4.57. The van der Waals surface area contributed by atoms with Crippen LogP contribution in [0.5, 0.6) is 5.75 Å². The van der Waals surface area contributed by atoms with Crippen molar-refractivity contribution in [2.45, 2.75) is 13.0 Å². The smallest absolute Gasteiger partial charge is 0.339 e. The predicted octanol–water partition coefficient (Wildman–Crippen LogP) is 4.82. The number of hydrogen-bond acceptors (Lipinski definition) is 5. The fraction of sp³-hybridized carbons (Fsp3) is 0.261. The first-order chi connectivity index (χ1) is 15.2. The van der Waals surface area contributed by atoms with Crippen LogP contribution in [-0.4, -0.2) is 23.0 Å². The number of carbonyl (C=O) groups is 3. The van der Waals surface area contributed by atoms with E-state index < -0.39 is 29.7 Å². The van der Waals surface area contributed by atoms with Gasteiger partial charge in [-0.3, -0.25) is 9.59 Å². The number of aromatic carboxylic acids is 1. The van der Waals surface area contributed by atoms with E-state index in [2.05, 4.69) is 0 Å². The number of carboxylic acid groups (broad SMARTS) is 1. The highest BCUT2D eigenvalue weighted by Crippen LogP contribution is 2.49. The first-order valence-electron chi connectivity index (χ1n) is 9.78. The largest absolute Gasteiger partial charge is 0.478 e. The van der Waals surface area contributed by atoms with Gasteiger partial charge in [-0.25, -0.2) is 9.18 Å². The molecule has 0 spiro atoms. The molecule has 4 rings (SSSR count). The maximum absolute atomic E-state index is 13.1. The fourth-order valence-electron chi connectivity index (χ4n) is 4.29. The molecule has 0 radical (unpaired) electrons. The Morgan fingerprint density at radius 3 is 2.25 bits per heavy atom. The molecule has 2 aromatic rings. The van der Waals surface area contributed by atoms with Crippen molar-refractivity contribution in [2.24, 2.45) is 23.7 Å². The van der Waals surface area contributed by atoms with Crippen LogP contribution in [0.3, 0.4) is 0 Å². The molecular weight excluding hydrogens is 645 g/mol. The third-order valence-corrected chi connectivity index (χ3v) is 7.16. The van der Waals surface area contributed by atoms with Crippen molar-refractivity contribution in [3.05, 3.63) is 72.6 Å². The van der Waals surface area contributed by atoms with Crippen molar-refractivity contribution in [2.75, 3.05) is 0 Å². The van der Waals surface area contributed by atoms with Gasteiger partial charge in [0.1, 0.15) is 18.0 Å². The van der Waals surface area contributed by atoms with Crippen LogP contribution in [0.2, 0.25) is 0 Å². The van der Waals surface area contributed by atoms with Crippen LogP contribution in [0.15, 0.2) is 48.6 Å². The lowest BCUT2D eigenvalue weighted by Crippen LogP contribution is -2.36. The molecule has 0 aliphatic heterocycles. The Morgan fingerprint density at radius 1 is 1.00 bits per heavy atom. The molecule has 0 saturated heterocycles. The first-order valence-corrected chi connectivity index (χ1v) is 11.9. The molecular formula is C23H17FI2O6. The molecule has 0 aromatic heterocycles. The Bertz CT molecular complexity index is 1110. The topological polar surface area (TPSA) is 89.9 Å². The van der Waals surface area contributed by atoms with Crippen LogP contribution in [0, 0.1) is 36.6 Å². The monoisotopic (exact) mass is 662 g/mol. The van der Waals surface area contributed by atoms with E-state index in [4.69, 9.17) is 9.47 Å². The molecule has 0 heterocycles. The molecule has 1 saturated carbocycles. The summed E-state index contributed by atoms with van der Waals surface area (Å²) in [6.07, 6.45) is 4.44. The van der Waals surface area contributed by atoms with Crippen LogP contribution < -0.4 is 4.74 Å². The second kappa shape index (κ2) is 9.46. The average Bonchev–Trinajstić information content (AvgIpc) is 3.36. The standard InChI is InChI=1S/C23H17FI2O6/c24-14-5-1-11(2-6-14)10-31-22(29)18-12-3-4-13(7-12)19(18)23(30)32-20-16(21(27)28)8-15(25)9-17(20)26/h1-6,8-9,12-13,18-19H,7,10H2,(H,27,28). The molecule has 4 unspecified atom stereocenters. The third-order valence-electron chi connectivity index (χ3n) is 5.74. The second-order valence-electron chi connectivity index (χ2n) is 7.72. The van der Waals surface area contributed by atoms with Gasteiger partial charge in [-0.15, -0.1) is 0 Å². The average molecular weight is 662 g/mol. The summed E-state index contributed by atoms with van der Waals surface area (Å²) >= 11 is 3.92. The van der Waals surface area contributed by atoms with Gasteiger partial charge < -0.3 is 14.6 Å². The number of fused-ring (bicyclic) bond motifs is 2. The highest BCUT2D eigenvalue weighted by molar-refractivity contribution is 14.1. The summed E-state index contributed by atoms with van der Waals surface area (Å²) in [6.45, 7) is -0.0311. The van der Waals surface area contributed by atoms with Gasteiger partial charge in [0, 0.05) is 3.57 Å². The van der Waals surface area contributed by atoms with Gasteiger partial charge in [-0.1, -0.05) is 24.3 Å². The van der Waals surface area contributed by atoms with Crippen molar-refractivity contribution in [1.82, 2.24) is 0 Å². The van der Waals surface area contributed by atoms with Crippen molar-refractivity contribution < 1.29 is 33.4 Å². The van der Waals surface area contributed by atoms with E-state index in [0.717, 1.165) is 0 Å². The molecule has 2 bridgehead atoms. The quantitative estimate of drug-likeness (QED) is 0.207. The van der Waals surface area contributed by atoms with Gasteiger partial charge in [-0.2, -0.15) is 0 Å². The van der Waals surface area contributed by atoms with Gasteiger partial charge in [0.25, 0.3) is 0 Å². The van der Waals surface area contributed by atoms with Crippen LogP contribution >= 0.6 is 45.2 Å². The minimum Gasteiger partial charge on any atom is -0.478 e. The SMILES string of the molecule is O=C(O)c1cc(I)cc(I)c1OC(=O)C1C2C=CC(C2)C1C(=O)OCc1ccc(F)cc1. The zero-order valence-corrected chi connectivity index (χ0v) is 20.8.